The third kappa shape index (κ3) is 4.40. The second-order valence-corrected chi connectivity index (χ2v) is 9.95. The molecule has 1 aliphatic carbocycles. The van der Waals surface area contributed by atoms with Crippen molar-refractivity contribution in [3.05, 3.63) is 101 Å². The van der Waals surface area contributed by atoms with Crippen molar-refractivity contribution in [2.45, 2.75) is 38.1 Å². The van der Waals surface area contributed by atoms with E-state index in [4.69, 9.17) is 4.74 Å². The van der Waals surface area contributed by atoms with E-state index in [9.17, 15) is 4.79 Å². The molecule has 1 saturated heterocycles. The first-order valence-corrected chi connectivity index (χ1v) is 13.1. The number of allylic oxidation sites excluding steroid dienone is 1. The van der Waals surface area contributed by atoms with Gasteiger partial charge in [-0.05, 0) is 59.7 Å². The summed E-state index contributed by atoms with van der Waals surface area (Å²) < 4.78 is 5.51. The van der Waals surface area contributed by atoms with Crippen molar-refractivity contribution in [2.75, 3.05) is 41.8 Å². The number of nitrogens with zero attached hydrogens (tertiary/aromatic N) is 1. The number of carbonyl (C=O) groups excluding carboxylic acids is 1. The van der Waals surface area contributed by atoms with Gasteiger partial charge in [-0.15, -0.1) is 0 Å². The Kier molecular flexibility index (Phi) is 6.24. The van der Waals surface area contributed by atoms with Gasteiger partial charge in [0.15, 0.2) is 5.78 Å². The molecule has 3 aromatic rings. The zero-order valence-corrected chi connectivity index (χ0v) is 20.8. The van der Waals surface area contributed by atoms with Crippen molar-refractivity contribution in [2.24, 2.45) is 0 Å². The summed E-state index contributed by atoms with van der Waals surface area (Å²) in [4.78, 5) is 16.1. The summed E-state index contributed by atoms with van der Waals surface area (Å²) in [6, 6.07) is 25.5. The number of nitrogens with one attached hydrogen (secondary N) is 2. The zero-order chi connectivity index (χ0) is 24.5. The molecule has 2 unspecified atom stereocenters. The molecule has 0 aromatic heterocycles. The summed E-state index contributed by atoms with van der Waals surface area (Å²) in [7, 11) is 0. The van der Waals surface area contributed by atoms with E-state index < -0.39 is 0 Å². The van der Waals surface area contributed by atoms with Crippen LogP contribution >= 0.6 is 0 Å². The second-order valence-electron chi connectivity index (χ2n) is 9.95. The minimum atomic E-state index is -0.189. The molecule has 0 amide bonds. The molecule has 6 rings (SSSR count). The van der Waals surface area contributed by atoms with Crippen molar-refractivity contribution in [3.63, 3.8) is 0 Å². The van der Waals surface area contributed by atoms with Gasteiger partial charge in [0.1, 0.15) is 0 Å². The summed E-state index contributed by atoms with van der Waals surface area (Å²) in [6.45, 7) is 5.52. The van der Waals surface area contributed by atoms with Crippen LogP contribution in [0.4, 0.5) is 17.1 Å². The first-order valence-electron chi connectivity index (χ1n) is 13.1. The van der Waals surface area contributed by atoms with Crippen LogP contribution in [0.3, 0.4) is 0 Å². The fourth-order valence-corrected chi connectivity index (χ4v) is 5.70. The van der Waals surface area contributed by atoms with Crippen LogP contribution in [0, 0.1) is 0 Å². The highest BCUT2D eigenvalue weighted by Crippen LogP contribution is 2.44. The number of rotatable bonds is 4. The summed E-state index contributed by atoms with van der Waals surface area (Å²) >= 11 is 0. The smallest absolute Gasteiger partial charge is 0.163 e. The van der Waals surface area contributed by atoms with Crippen molar-refractivity contribution in [1.82, 2.24) is 0 Å². The van der Waals surface area contributed by atoms with Crippen LogP contribution in [0.15, 0.2) is 84.1 Å². The zero-order valence-electron chi connectivity index (χ0n) is 20.8. The van der Waals surface area contributed by atoms with E-state index in [0.29, 0.717) is 6.42 Å². The Labute approximate surface area is 213 Å². The van der Waals surface area contributed by atoms with Crippen molar-refractivity contribution in [1.29, 1.82) is 0 Å². The lowest BCUT2D eigenvalue weighted by Crippen LogP contribution is -2.36. The molecule has 0 radical (unpaired) electrons. The number of anilines is 3. The number of hydrogen-bond acceptors (Lipinski definition) is 5. The first kappa shape index (κ1) is 22.9. The Morgan fingerprint density at radius 3 is 2.28 bits per heavy atom. The maximum absolute atomic E-state index is 13.8. The molecule has 36 heavy (non-hydrogen) atoms. The van der Waals surface area contributed by atoms with Gasteiger partial charge in [0.2, 0.25) is 0 Å². The van der Waals surface area contributed by atoms with Crippen LogP contribution in [0.1, 0.15) is 48.4 Å². The van der Waals surface area contributed by atoms with Crippen LogP contribution in [0.25, 0.3) is 0 Å². The molecule has 3 aromatic carbocycles. The van der Waals surface area contributed by atoms with Gasteiger partial charge in [0.25, 0.3) is 0 Å². The Hall–Kier alpha value is -3.57. The minimum absolute atomic E-state index is 0.185. The predicted octanol–water partition coefficient (Wildman–Crippen LogP) is 6.07. The van der Waals surface area contributed by atoms with Crippen LogP contribution < -0.4 is 15.5 Å². The number of benzene rings is 3. The molecule has 0 saturated carbocycles. The molecular formula is C31H33N3O2. The first-order chi connectivity index (χ1) is 17.7. The number of ketones is 1. The van der Waals surface area contributed by atoms with Crippen molar-refractivity contribution >= 4 is 22.8 Å². The number of fused-ring (bicyclic) bond motifs is 1. The number of para-hydroxylation sites is 2. The minimum Gasteiger partial charge on any atom is -0.378 e. The summed E-state index contributed by atoms with van der Waals surface area (Å²) in [5.41, 5.74) is 8.82. The van der Waals surface area contributed by atoms with E-state index in [1.807, 2.05) is 12.1 Å². The molecule has 0 spiro atoms. The normalized spacial score (nSPS) is 21.7. The van der Waals surface area contributed by atoms with Gasteiger partial charge in [-0.3, -0.25) is 4.79 Å². The lowest BCUT2D eigenvalue weighted by molar-refractivity contribution is -0.116. The van der Waals surface area contributed by atoms with E-state index in [1.54, 1.807) is 0 Å². The second kappa shape index (κ2) is 9.82. The van der Waals surface area contributed by atoms with Crippen LogP contribution in [-0.2, 0) is 16.0 Å². The Morgan fingerprint density at radius 2 is 1.56 bits per heavy atom. The number of Topliss-reactive ketones (excluding diaryl/α,β-unsaturated/α-hetero) is 1. The lowest BCUT2D eigenvalue weighted by atomic mass is 9.78. The Bertz CT molecular complexity index is 1270. The van der Waals surface area contributed by atoms with Gasteiger partial charge in [-0.1, -0.05) is 55.5 Å². The summed E-state index contributed by atoms with van der Waals surface area (Å²) in [5.74, 6) is 0.403. The maximum atomic E-state index is 13.8. The van der Waals surface area contributed by atoms with E-state index >= 15 is 0 Å². The van der Waals surface area contributed by atoms with Gasteiger partial charge >= 0.3 is 0 Å². The third-order valence-corrected chi connectivity index (χ3v) is 7.77. The van der Waals surface area contributed by atoms with Crippen LogP contribution in [0.5, 0.6) is 0 Å². The molecule has 3 aliphatic rings. The van der Waals surface area contributed by atoms with E-state index in [0.717, 1.165) is 67.4 Å². The maximum Gasteiger partial charge on any atom is 0.163 e. The molecule has 2 atom stereocenters. The molecule has 0 bridgehead atoms. The lowest BCUT2D eigenvalue weighted by Gasteiger charge is -2.31. The highest BCUT2D eigenvalue weighted by atomic mass is 16.5. The van der Waals surface area contributed by atoms with Gasteiger partial charge in [-0.25, -0.2) is 0 Å². The highest BCUT2D eigenvalue weighted by molar-refractivity contribution is 6.01. The fourth-order valence-electron chi connectivity index (χ4n) is 5.70. The standard InChI is InChI=1S/C31H33N3O2/c1-2-21-7-9-22(10-8-21)24-19-28-30(29(35)20-24)31(33-27-6-4-3-5-26(27)32-28)23-11-13-25(14-12-23)34-15-17-36-18-16-34/h3-14,24,31-33H,2,15-20H2,1H3. The molecule has 1 fully saturated rings. The van der Waals surface area contributed by atoms with Gasteiger partial charge in [0, 0.05) is 36.5 Å². The summed E-state index contributed by atoms with van der Waals surface area (Å²) in [6.07, 6.45) is 2.38. The molecular weight excluding hydrogens is 446 g/mol. The average Bonchev–Trinajstić information content (AvgIpc) is 3.11. The number of morpholine rings is 1. The molecule has 2 aliphatic heterocycles. The predicted molar refractivity (Wildman–Crippen MR) is 146 cm³/mol. The highest BCUT2D eigenvalue weighted by Gasteiger charge is 2.36. The van der Waals surface area contributed by atoms with Gasteiger partial charge in [-0.2, -0.15) is 0 Å². The third-order valence-electron chi connectivity index (χ3n) is 7.77. The van der Waals surface area contributed by atoms with Gasteiger partial charge in [0.05, 0.1) is 30.6 Å². The van der Waals surface area contributed by atoms with Crippen molar-refractivity contribution in [3.8, 4) is 0 Å². The molecule has 5 heteroatoms. The largest absolute Gasteiger partial charge is 0.378 e. The quantitative estimate of drug-likeness (QED) is 0.476. The number of carbonyl (C=O) groups is 1. The van der Waals surface area contributed by atoms with Crippen LogP contribution in [0.2, 0.25) is 0 Å². The Balaban J connectivity index is 1.35. The fraction of sp³-hybridized carbons (Fsp3) is 0.323. The summed E-state index contributed by atoms with van der Waals surface area (Å²) in [5, 5.41) is 7.35. The van der Waals surface area contributed by atoms with Gasteiger partial charge < -0.3 is 20.3 Å². The average molecular weight is 480 g/mol. The van der Waals surface area contributed by atoms with Crippen molar-refractivity contribution < 1.29 is 9.53 Å². The number of hydrogen-bond donors (Lipinski definition) is 2. The molecule has 2 heterocycles. The number of ether oxygens (including phenoxy) is 1. The monoisotopic (exact) mass is 479 g/mol. The SMILES string of the molecule is CCc1ccc(C2CC(=O)C3=C(C2)Nc2ccccc2NC3c2ccc(N3CCOCC3)cc2)cc1. The van der Waals surface area contributed by atoms with E-state index in [-0.39, 0.29) is 17.7 Å². The molecule has 5 nitrogen and oxygen atoms in total. The van der Waals surface area contributed by atoms with E-state index in [2.05, 4.69) is 83.1 Å². The molecule has 2 N–H and O–H groups in total. The Morgan fingerprint density at radius 1 is 0.861 bits per heavy atom. The van der Waals surface area contributed by atoms with Crippen LogP contribution in [-0.4, -0.2) is 32.1 Å². The van der Waals surface area contributed by atoms with E-state index in [1.165, 1.54) is 16.8 Å². The molecule has 184 valence electrons. The topological polar surface area (TPSA) is 53.6 Å². The number of aryl methyl sites for hydroxylation is 1.